The molecule has 0 N–H and O–H groups in total. The summed E-state index contributed by atoms with van der Waals surface area (Å²) < 4.78 is 0. The summed E-state index contributed by atoms with van der Waals surface area (Å²) in [4.78, 5) is 9.20. The number of aromatic nitrogens is 2. The average molecular weight is 346 g/mol. The van der Waals surface area contributed by atoms with Gasteiger partial charge in [-0.25, -0.2) is 9.97 Å². The molecule has 5 rings (SSSR count). The van der Waals surface area contributed by atoms with Crippen molar-refractivity contribution in [2.24, 2.45) is 0 Å². The van der Waals surface area contributed by atoms with Crippen molar-refractivity contribution in [2.45, 2.75) is 13.8 Å². The van der Waals surface area contributed by atoms with Crippen LogP contribution in [0.25, 0.3) is 43.7 Å². The number of hydrogen-bond acceptors (Lipinski definition) is 2. The summed E-state index contributed by atoms with van der Waals surface area (Å²) in [6.45, 7) is 4.00. The average Bonchev–Trinajstić information content (AvgIpc) is 2.75. The second-order valence-corrected chi connectivity index (χ2v) is 6.11. The maximum atomic E-state index is 6.07. The molecule has 0 spiro atoms. The summed E-state index contributed by atoms with van der Waals surface area (Å²) in [7, 11) is 6.07. The van der Waals surface area contributed by atoms with Crippen LogP contribution in [0.5, 0.6) is 0 Å². The zero-order valence-electron chi connectivity index (χ0n) is 15.5. The molecule has 0 aliphatic carbocycles. The van der Waals surface area contributed by atoms with Crippen molar-refractivity contribution in [3.05, 3.63) is 78.9 Å². The molecule has 0 saturated carbocycles. The van der Waals surface area contributed by atoms with Crippen molar-refractivity contribution in [3.8, 4) is 11.3 Å². The van der Waals surface area contributed by atoms with Crippen LogP contribution in [0.2, 0.25) is 0 Å². The molecule has 0 amide bonds. The van der Waals surface area contributed by atoms with E-state index < -0.39 is 0 Å². The van der Waals surface area contributed by atoms with E-state index in [9.17, 15) is 0 Å². The van der Waals surface area contributed by atoms with Crippen LogP contribution in [0.3, 0.4) is 0 Å². The van der Waals surface area contributed by atoms with Crippen molar-refractivity contribution in [3.63, 3.8) is 0 Å². The zero-order chi connectivity index (χ0) is 18.8. The molecule has 0 unspecified atom stereocenters. The van der Waals surface area contributed by atoms with Gasteiger partial charge >= 0.3 is 0 Å². The summed E-state index contributed by atoms with van der Waals surface area (Å²) in [6.07, 6.45) is 0. The Morgan fingerprint density at radius 3 is 1.78 bits per heavy atom. The van der Waals surface area contributed by atoms with Gasteiger partial charge in [0.25, 0.3) is 0 Å². The van der Waals surface area contributed by atoms with Gasteiger partial charge in [-0.15, -0.1) is 0 Å². The fourth-order valence-electron chi connectivity index (χ4n) is 3.59. The molecule has 0 aliphatic heterocycles. The maximum Gasteiger partial charge on any atom is 0.170 e. The van der Waals surface area contributed by atoms with Gasteiger partial charge in [-0.3, -0.25) is 0 Å². The van der Waals surface area contributed by atoms with E-state index in [1.165, 1.54) is 10.8 Å². The van der Waals surface area contributed by atoms with Gasteiger partial charge in [0, 0.05) is 16.3 Å². The second-order valence-electron chi connectivity index (χ2n) is 6.11. The van der Waals surface area contributed by atoms with E-state index in [0.717, 1.165) is 32.9 Å². The highest BCUT2D eigenvalue weighted by atomic mass is 14.9. The highest BCUT2D eigenvalue weighted by molar-refractivity contribution is 6.32. The quantitative estimate of drug-likeness (QED) is 0.299. The standard InChI is InChI=1S/C22H13BN2.C2H6/c23-22-24-20(14-8-2-1-3-9-14)19-17-12-6-4-10-15(17)16-11-5-7-13-18(16)21(19)25-22;1-2/h1-13H;1-2H3. The molecule has 5 aromatic rings. The fourth-order valence-corrected chi connectivity index (χ4v) is 3.59. The third kappa shape index (κ3) is 2.85. The van der Waals surface area contributed by atoms with Crippen molar-refractivity contribution < 1.29 is 0 Å². The van der Waals surface area contributed by atoms with Gasteiger partial charge in [-0.1, -0.05) is 92.7 Å². The smallest absolute Gasteiger partial charge is 0.170 e. The number of rotatable bonds is 1. The van der Waals surface area contributed by atoms with Crippen molar-refractivity contribution in [2.75, 3.05) is 0 Å². The van der Waals surface area contributed by atoms with Gasteiger partial charge in [0.15, 0.2) is 7.85 Å². The molecule has 2 radical (unpaired) electrons. The predicted octanol–water partition coefficient (Wildman–Crippen LogP) is 5.42. The van der Waals surface area contributed by atoms with Gasteiger partial charge in [0.2, 0.25) is 0 Å². The molecule has 1 heterocycles. The normalized spacial score (nSPS) is 10.7. The molecule has 0 bridgehead atoms. The van der Waals surface area contributed by atoms with E-state index >= 15 is 0 Å². The van der Waals surface area contributed by atoms with Crippen LogP contribution < -0.4 is 5.72 Å². The second kappa shape index (κ2) is 7.20. The van der Waals surface area contributed by atoms with Crippen LogP contribution >= 0.6 is 0 Å². The first-order valence-corrected chi connectivity index (χ1v) is 9.25. The fraction of sp³-hybridized carbons (Fsp3) is 0.0833. The van der Waals surface area contributed by atoms with Gasteiger partial charge in [0.05, 0.1) is 16.9 Å². The minimum atomic E-state index is 0.298. The monoisotopic (exact) mass is 346 g/mol. The van der Waals surface area contributed by atoms with Gasteiger partial charge in [-0.05, 0) is 16.2 Å². The molecule has 4 aromatic carbocycles. The molecule has 27 heavy (non-hydrogen) atoms. The van der Waals surface area contributed by atoms with Gasteiger partial charge < -0.3 is 0 Å². The number of fused-ring (bicyclic) bond motifs is 6. The Kier molecular flexibility index (Phi) is 4.60. The van der Waals surface area contributed by atoms with Crippen LogP contribution in [0, 0.1) is 0 Å². The minimum Gasteiger partial charge on any atom is -0.245 e. The first kappa shape index (κ1) is 17.2. The lowest BCUT2D eigenvalue weighted by Crippen LogP contribution is -2.14. The van der Waals surface area contributed by atoms with Gasteiger partial charge in [0.1, 0.15) is 0 Å². The van der Waals surface area contributed by atoms with Crippen LogP contribution in [-0.4, -0.2) is 17.8 Å². The third-order valence-corrected chi connectivity index (χ3v) is 4.64. The van der Waals surface area contributed by atoms with Crippen molar-refractivity contribution >= 4 is 46.0 Å². The first-order chi connectivity index (χ1) is 13.3. The molecule has 0 saturated heterocycles. The molecule has 2 nitrogen and oxygen atoms in total. The number of hydrogen-bond donors (Lipinski definition) is 0. The van der Waals surface area contributed by atoms with E-state index in [1.807, 2.05) is 38.1 Å². The first-order valence-electron chi connectivity index (χ1n) is 9.25. The Balaban J connectivity index is 0.000000872. The van der Waals surface area contributed by atoms with Crippen LogP contribution in [0.1, 0.15) is 13.8 Å². The highest BCUT2D eigenvalue weighted by Crippen LogP contribution is 2.37. The molecule has 128 valence electrons. The van der Waals surface area contributed by atoms with E-state index in [2.05, 4.69) is 64.6 Å². The Morgan fingerprint density at radius 1 is 0.593 bits per heavy atom. The molecular formula is C24H19BN2. The van der Waals surface area contributed by atoms with E-state index in [1.54, 1.807) is 0 Å². The molecule has 1 aromatic heterocycles. The molecule has 0 fully saturated rings. The number of benzene rings is 4. The minimum absolute atomic E-state index is 0.298. The molecule has 0 atom stereocenters. The van der Waals surface area contributed by atoms with Crippen LogP contribution in [0.4, 0.5) is 0 Å². The van der Waals surface area contributed by atoms with Gasteiger partial charge in [-0.2, -0.15) is 0 Å². The summed E-state index contributed by atoms with van der Waals surface area (Å²) in [6, 6.07) is 26.9. The third-order valence-electron chi connectivity index (χ3n) is 4.64. The molecular weight excluding hydrogens is 327 g/mol. The van der Waals surface area contributed by atoms with E-state index in [0.29, 0.717) is 5.72 Å². The summed E-state index contributed by atoms with van der Waals surface area (Å²) in [5, 5.41) is 5.69. The lowest BCUT2D eigenvalue weighted by Gasteiger charge is -2.14. The molecule has 0 aliphatic rings. The Bertz CT molecular complexity index is 1250. The van der Waals surface area contributed by atoms with Crippen LogP contribution in [0.15, 0.2) is 78.9 Å². The largest absolute Gasteiger partial charge is 0.245 e. The van der Waals surface area contributed by atoms with E-state index in [4.69, 9.17) is 7.85 Å². The predicted molar refractivity (Wildman–Crippen MR) is 117 cm³/mol. The SMILES string of the molecule is CC.[B]c1nc(-c2ccccc2)c2c3ccccc3c3ccccc3c2n1. The van der Waals surface area contributed by atoms with Crippen molar-refractivity contribution in [1.29, 1.82) is 0 Å². The summed E-state index contributed by atoms with van der Waals surface area (Å²) in [5.41, 5.74) is 3.12. The Labute approximate surface area is 160 Å². The topological polar surface area (TPSA) is 25.8 Å². The van der Waals surface area contributed by atoms with Crippen molar-refractivity contribution in [1.82, 2.24) is 9.97 Å². The lowest BCUT2D eigenvalue weighted by molar-refractivity contribution is 1.31. The summed E-state index contributed by atoms with van der Waals surface area (Å²) in [5.74, 6) is 0. The maximum absolute atomic E-state index is 6.07. The highest BCUT2D eigenvalue weighted by Gasteiger charge is 2.15. The Morgan fingerprint density at radius 2 is 1.11 bits per heavy atom. The Hall–Kier alpha value is -3.20. The number of nitrogens with zero attached hydrogens (tertiary/aromatic N) is 2. The van der Waals surface area contributed by atoms with E-state index in [-0.39, 0.29) is 0 Å². The van der Waals surface area contributed by atoms with Crippen LogP contribution in [-0.2, 0) is 0 Å². The zero-order valence-corrected chi connectivity index (χ0v) is 15.5. The summed E-state index contributed by atoms with van der Waals surface area (Å²) >= 11 is 0. The lowest BCUT2D eigenvalue weighted by atomic mass is 9.94. The molecule has 3 heteroatoms.